The smallest absolute Gasteiger partial charge is 0.00618 e. The number of nitrogens with one attached hydrogen (secondary N) is 1. The molecule has 0 fully saturated rings. The minimum atomic E-state index is 0.330. The zero-order valence-corrected chi connectivity index (χ0v) is 8.06. The van der Waals surface area contributed by atoms with Gasteiger partial charge in [-0.3, -0.25) is 0 Å². The molecule has 0 aliphatic carbocycles. The van der Waals surface area contributed by atoms with Crippen molar-refractivity contribution in [3.05, 3.63) is 0 Å². The summed E-state index contributed by atoms with van der Waals surface area (Å²) in [5.74, 6) is 0. The highest BCUT2D eigenvalue weighted by molar-refractivity contribution is 4.64. The van der Waals surface area contributed by atoms with Crippen LogP contribution in [0.5, 0.6) is 0 Å². The monoisotopic (exact) mass is 158 g/mol. The molecule has 0 amide bonds. The molecule has 11 heavy (non-hydrogen) atoms. The van der Waals surface area contributed by atoms with Gasteiger partial charge in [0.15, 0.2) is 0 Å². The van der Waals surface area contributed by atoms with Crippen molar-refractivity contribution in [3.63, 3.8) is 0 Å². The van der Waals surface area contributed by atoms with E-state index >= 15 is 0 Å². The topological polar surface area (TPSA) is 38.0 Å². The van der Waals surface area contributed by atoms with Crippen molar-refractivity contribution in [2.24, 2.45) is 5.73 Å². The van der Waals surface area contributed by atoms with Gasteiger partial charge in [-0.25, -0.2) is 0 Å². The van der Waals surface area contributed by atoms with Crippen LogP contribution in [0.25, 0.3) is 0 Å². The molecule has 0 heterocycles. The largest absolute Gasteiger partial charge is 0.328 e. The number of nitrogens with two attached hydrogens (primary N) is 1. The van der Waals surface area contributed by atoms with Crippen molar-refractivity contribution in [1.82, 2.24) is 5.32 Å². The van der Waals surface area contributed by atoms with Crippen molar-refractivity contribution in [2.45, 2.75) is 52.1 Å². The van der Waals surface area contributed by atoms with Gasteiger partial charge in [0, 0.05) is 12.1 Å². The van der Waals surface area contributed by atoms with Crippen molar-refractivity contribution < 1.29 is 0 Å². The third-order valence-corrected chi connectivity index (χ3v) is 2.02. The average Bonchev–Trinajstić information content (AvgIpc) is 1.98. The van der Waals surface area contributed by atoms with Crippen LogP contribution < -0.4 is 11.1 Å². The molecule has 1 atom stereocenters. The molecule has 0 aromatic carbocycles. The summed E-state index contributed by atoms with van der Waals surface area (Å²) in [6.45, 7) is 7.54. The van der Waals surface area contributed by atoms with Gasteiger partial charge in [-0.2, -0.15) is 0 Å². The van der Waals surface area contributed by atoms with Gasteiger partial charge < -0.3 is 11.1 Å². The third-order valence-electron chi connectivity index (χ3n) is 2.02. The molecule has 2 nitrogen and oxygen atoms in total. The minimum Gasteiger partial charge on any atom is -0.328 e. The van der Waals surface area contributed by atoms with Gasteiger partial charge in [0.2, 0.25) is 0 Å². The van der Waals surface area contributed by atoms with Crippen molar-refractivity contribution >= 4 is 0 Å². The molecule has 0 saturated carbocycles. The van der Waals surface area contributed by atoms with Crippen LogP contribution in [0.2, 0.25) is 0 Å². The lowest BCUT2D eigenvalue weighted by atomic mass is 10.1. The first kappa shape index (κ1) is 10.9. The second-order valence-corrected chi connectivity index (χ2v) is 3.23. The first-order valence-electron chi connectivity index (χ1n) is 4.69. The Bertz CT molecular complexity index is 77.6. The summed E-state index contributed by atoms with van der Waals surface area (Å²) in [5, 5.41) is 3.47. The van der Waals surface area contributed by atoms with Crippen molar-refractivity contribution in [2.75, 3.05) is 6.54 Å². The summed E-state index contributed by atoms with van der Waals surface area (Å²) in [6, 6.07) is 1.02. The molecule has 0 rings (SSSR count). The van der Waals surface area contributed by atoms with E-state index in [1.807, 2.05) is 0 Å². The van der Waals surface area contributed by atoms with E-state index in [4.69, 9.17) is 5.73 Å². The molecule has 1 unspecified atom stereocenters. The maximum absolute atomic E-state index is 5.62. The maximum Gasteiger partial charge on any atom is 0.00618 e. The fraction of sp³-hybridized carbons (Fsp3) is 1.00. The van der Waals surface area contributed by atoms with Crippen LogP contribution >= 0.6 is 0 Å². The van der Waals surface area contributed by atoms with E-state index in [-0.39, 0.29) is 0 Å². The number of hydrogen-bond donors (Lipinski definition) is 2. The Hall–Kier alpha value is -0.0800. The van der Waals surface area contributed by atoms with Gasteiger partial charge in [0.05, 0.1) is 0 Å². The molecule has 3 N–H and O–H groups in total. The van der Waals surface area contributed by atoms with E-state index in [1.54, 1.807) is 0 Å². The molecule has 2 heteroatoms. The molecule has 0 aromatic heterocycles. The molecule has 0 radical (unpaired) electrons. The highest BCUT2D eigenvalue weighted by atomic mass is 14.9. The van der Waals surface area contributed by atoms with E-state index in [1.165, 1.54) is 12.8 Å². The summed E-state index contributed by atoms with van der Waals surface area (Å²) in [7, 11) is 0. The van der Waals surface area contributed by atoms with Crippen LogP contribution in [0.15, 0.2) is 0 Å². The lowest BCUT2D eigenvalue weighted by Gasteiger charge is -2.15. The Labute approximate surface area is 70.5 Å². The first-order valence-corrected chi connectivity index (χ1v) is 4.69. The Kier molecular flexibility index (Phi) is 6.57. The summed E-state index contributed by atoms with van der Waals surface area (Å²) in [6.07, 6.45) is 3.52. The Balaban J connectivity index is 3.21. The highest BCUT2D eigenvalue weighted by Crippen LogP contribution is 1.96. The Morgan fingerprint density at radius 3 is 2.18 bits per heavy atom. The van der Waals surface area contributed by atoms with Crippen LogP contribution in [0.4, 0.5) is 0 Å². The summed E-state index contributed by atoms with van der Waals surface area (Å²) >= 11 is 0. The summed E-state index contributed by atoms with van der Waals surface area (Å²) in [4.78, 5) is 0. The molecule has 68 valence electrons. The molecule has 0 bridgehead atoms. The molecule has 0 spiro atoms. The van der Waals surface area contributed by atoms with E-state index in [0.29, 0.717) is 12.1 Å². The SMILES string of the molecule is CCC(CC)NCCC(C)N. The first-order chi connectivity index (χ1) is 5.20. The second kappa shape index (κ2) is 6.62. The predicted octanol–water partition coefficient (Wildman–Crippen LogP) is 1.50. The summed E-state index contributed by atoms with van der Waals surface area (Å²) in [5.41, 5.74) is 5.62. The van der Waals surface area contributed by atoms with Gasteiger partial charge in [-0.15, -0.1) is 0 Å². The predicted molar refractivity (Wildman–Crippen MR) is 50.6 cm³/mol. The lowest BCUT2D eigenvalue weighted by molar-refractivity contribution is 0.466. The average molecular weight is 158 g/mol. The van der Waals surface area contributed by atoms with Crippen LogP contribution in [-0.2, 0) is 0 Å². The van der Waals surface area contributed by atoms with Gasteiger partial charge in [-0.05, 0) is 32.7 Å². The van der Waals surface area contributed by atoms with Crippen LogP contribution in [0.1, 0.15) is 40.0 Å². The number of hydrogen-bond acceptors (Lipinski definition) is 2. The van der Waals surface area contributed by atoms with Gasteiger partial charge in [0.1, 0.15) is 0 Å². The van der Waals surface area contributed by atoms with E-state index in [9.17, 15) is 0 Å². The van der Waals surface area contributed by atoms with Gasteiger partial charge in [0.25, 0.3) is 0 Å². The van der Waals surface area contributed by atoms with Gasteiger partial charge >= 0.3 is 0 Å². The highest BCUT2D eigenvalue weighted by Gasteiger charge is 2.01. The third kappa shape index (κ3) is 6.32. The summed E-state index contributed by atoms with van der Waals surface area (Å²) < 4.78 is 0. The van der Waals surface area contributed by atoms with Crippen molar-refractivity contribution in [1.29, 1.82) is 0 Å². The normalized spacial score (nSPS) is 13.9. The molecular formula is C9H22N2. The second-order valence-electron chi connectivity index (χ2n) is 3.23. The van der Waals surface area contributed by atoms with Crippen molar-refractivity contribution in [3.8, 4) is 0 Å². The standard InChI is InChI=1S/C9H22N2/c1-4-9(5-2)11-7-6-8(3)10/h8-9,11H,4-7,10H2,1-3H3. The van der Waals surface area contributed by atoms with E-state index in [2.05, 4.69) is 26.1 Å². The van der Waals surface area contributed by atoms with E-state index < -0.39 is 0 Å². The Morgan fingerprint density at radius 1 is 1.27 bits per heavy atom. The maximum atomic E-state index is 5.62. The minimum absolute atomic E-state index is 0.330. The van der Waals surface area contributed by atoms with Crippen LogP contribution in [-0.4, -0.2) is 18.6 Å². The molecular weight excluding hydrogens is 136 g/mol. The fourth-order valence-corrected chi connectivity index (χ4v) is 1.09. The zero-order chi connectivity index (χ0) is 8.69. The lowest BCUT2D eigenvalue weighted by Crippen LogP contribution is -2.31. The van der Waals surface area contributed by atoms with Crippen LogP contribution in [0, 0.1) is 0 Å². The molecule has 0 aliphatic heterocycles. The Morgan fingerprint density at radius 2 is 1.82 bits per heavy atom. The quantitative estimate of drug-likeness (QED) is 0.615. The number of rotatable bonds is 6. The zero-order valence-electron chi connectivity index (χ0n) is 8.06. The fourth-order valence-electron chi connectivity index (χ4n) is 1.09. The van der Waals surface area contributed by atoms with Gasteiger partial charge in [-0.1, -0.05) is 13.8 Å². The molecule has 0 aromatic rings. The van der Waals surface area contributed by atoms with E-state index in [0.717, 1.165) is 13.0 Å². The molecule has 0 saturated heterocycles. The van der Waals surface area contributed by atoms with Crippen LogP contribution in [0.3, 0.4) is 0 Å². The molecule has 0 aliphatic rings.